The molecule has 0 fully saturated rings. The van der Waals surface area contributed by atoms with E-state index in [0.29, 0.717) is 19.5 Å². The number of benzene rings is 1. The maximum Gasteiger partial charge on any atom is 0.416 e. The van der Waals surface area contributed by atoms with Gasteiger partial charge in [-0.05, 0) is 31.2 Å². The van der Waals surface area contributed by atoms with E-state index >= 15 is 0 Å². The second-order valence-corrected chi connectivity index (χ2v) is 3.48. The van der Waals surface area contributed by atoms with E-state index in [2.05, 4.69) is 5.32 Å². The van der Waals surface area contributed by atoms with Gasteiger partial charge in [0, 0.05) is 12.1 Å². The van der Waals surface area contributed by atoms with E-state index in [1.54, 1.807) is 0 Å². The van der Waals surface area contributed by atoms with Crippen LogP contribution in [0.3, 0.4) is 0 Å². The predicted molar refractivity (Wildman–Crippen MR) is 64.7 cm³/mol. The van der Waals surface area contributed by atoms with Crippen LogP contribution in [0.2, 0.25) is 0 Å². The van der Waals surface area contributed by atoms with Crippen molar-refractivity contribution in [3.05, 3.63) is 35.4 Å². The Labute approximate surface area is 109 Å². The summed E-state index contributed by atoms with van der Waals surface area (Å²) in [6.07, 6.45) is -3.85. The molecule has 7 heteroatoms. The molecule has 18 heavy (non-hydrogen) atoms. The molecule has 1 rings (SSSR count). The maximum absolute atomic E-state index is 12.4. The van der Waals surface area contributed by atoms with Crippen molar-refractivity contribution in [1.82, 2.24) is 5.32 Å². The van der Waals surface area contributed by atoms with E-state index in [-0.39, 0.29) is 18.0 Å². The second-order valence-electron chi connectivity index (χ2n) is 3.48. The largest absolute Gasteiger partial charge is 0.416 e. The Kier molecular flexibility index (Phi) is 6.72. The Hall–Kier alpha value is -1.27. The van der Waals surface area contributed by atoms with Crippen LogP contribution < -0.4 is 11.1 Å². The molecule has 0 spiro atoms. The second kappa shape index (κ2) is 7.23. The van der Waals surface area contributed by atoms with Gasteiger partial charge in [0.05, 0.1) is 5.56 Å². The van der Waals surface area contributed by atoms with E-state index in [1.807, 2.05) is 0 Å². The Morgan fingerprint density at radius 2 is 2.00 bits per heavy atom. The first kappa shape index (κ1) is 16.7. The van der Waals surface area contributed by atoms with Crippen LogP contribution in [-0.2, 0) is 6.18 Å². The van der Waals surface area contributed by atoms with Gasteiger partial charge in [-0.2, -0.15) is 13.2 Å². The van der Waals surface area contributed by atoms with Crippen LogP contribution in [0.25, 0.3) is 0 Å². The van der Waals surface area contributed by atoms with Gasteiger partial charge in [0.1, 0.15) is 0 Å². The molecule has 102 valence electrons. The highest BCUT2D eigenvalue weighted by Crippen LogP contribution is 2.29. The molecule has 0 aliphatic carbocycles. The van der Waals surface area contributed by atoms with Crippen LogP contribution >= 0.6 is 12.4 Å². The summed E-state index contributed by atoms with van der Waals surface area (Å²) in [6, 6.07) is 4.31. The number of halogens is 4. The Morgan fingerprint density at radius 3 is 2.56 bits per heavy atom. The number of amides is 1. The van der Waals surface area contributed by atoms with Gasteiger partial charge >= 0.3 is 6.18 Å². The molecule has 0 aliphatic heterocycles. The van der Waals surface area contributed by atoms with Gasteiger partial charge in [-0.15, -0.1) is 12.4 Å². The van der Waals surface area contributed by atoms with Crippen molar-refractivity contribution in [1.29, 1.82) is 0 Å². The van der Waals surface area contributed by atoms with E-state index in [9.17, 15) is 18.0 Å². The van der Waals surface area contributed by atoms with Crippen molar-refractivity contribution in [3.8, 4) is 0 Å². The van der Waals surface area contributed by atoms with Gasteiger partial charge in [-0.25, -0.2) is 0 Å². The normalized spacial score (nSPS) is 10.7. The number of nitrogens with two attached hydrogens (primary N) is 1. The molecular formula is C11H14ClF3N2O. The molecule has 0 unspecified atom stereocenters. The molecule has 1 aromatic carbocycles. The maximum atomic E-state index is 12.4. The Morgan fingerprint density at radius 1 is 1.33 bits per heavy atom. The van der Waals surface area contributed by atoms with Crippen molar-refractivity contribution in [2.75, 3.05) is 13.1 Å². The highest BCUT2D eigenvalue weighted by Gasteiger charge is 2.30. The summed E-state index contributed by atoms with van der Waals surface area (Å²) in [4.78, 5) is 11.5. The summed E-state index contributed by atoms with van der Waals surface area (Å²) in [6.45, 7) is 0.772. The summed E-state index contributed by atoms with van der Waals surface area (Å²) >= 11 is 0. The third-order valence-electron chi connectivity index (χ3n) is 2.12. The number of rotatable bonds is 4. The van der Waals surface area contributed by atoms with Gasteiger partial charge < -0.3 is 11.1 Å². The van der Waals surface area contributed by atoms with Crippen LogP contribution in [0.15, 0.2) is 24.3 Å². The smallest absolute Gasteiger partial charge is 0.352 e. The van der Waals surface area contributed by atoms with Crippen molar-refractivity contribution in [2.24, 2.45) is 5.73 Å². The highest BCUT2D eigenvalue weighted by molar-refractivity contribution is 5.94. The molecule has 3 nitrogen and oxygen atoms in total. The molecule has 0 aromatic heterocycles. The zero-order chi connectivity index (χ0) is 12.9. The first-order valence-corrected chi connectivity index (χ1v) is 5.10. The van der Waals surface area contributed by atoms with Gasteiger partial charge in [-0.3, -0.25) is 4.79 Å². The van der Waals surface area contributed by atoms with Gasteiger partial charge in [-0.1, -0.05) is 6.07 Å². The summed E-state index contributed by atoms with van der Waals surface area (Å²) in [5.74, 6) is -0.524. The Balaban J connectivity index is 0.00000289. The van der Waals surface area contributed by atoms with Gasteiger partial charge in [0.2, 0.25) is 0 Å². The number of carbonyl (C=O) groups is 1. The molecule has 0 aliphatic rings. The molecular weight excluding hydrogens is 269 g/mol. The topological polar surface area (TPSA) is 55.1 Å². The van der Waals surface area contributed by atoms with Gasteiger partial charge in [0.15, 0.2) is 0 Å². The third-order valence-corrected chi connectivity index (χ3v) is 2.12. The minimum absolute atomic E-state index is 0. The summed E-state index contributed by atoms with van der Waals surface area (Å²) < 4.78 is 37.2. The van der Waals surface area contributed by atoms with E-state index in [0.717, 1.165) is 12.1 Å². The molecule has 0 saturated carbocycles. The zero-order valence-electron chi connectivity index (χ0n) is 9.46. The lowest BCUT2D eigenvalue weighted by Crippen LogP contribution is -2.26. The van der Waals surface area contributed by atoms with Crippen molar-refractivity contribution < 1.29 is 18.0 Å². The zero-order valence-corrected chi connectivity index (χ0v) is 10.3. The SMILES string of the molecule is Cl.NCCCNC(=O)c1cccc(C(F)(F)F)c1. The first-order valence-electron chi connectivity index (χ1n) is 5.10. The molecule has 0 atom stereocenters. The molecule has 0 saturated heterocycles. The van der Waals surface area contributed by atoms with E-state index in [1.165, 1.54) is 12.1 Å². The lowest BCUT2D eigenvalue weighted by atomic mass is 10.1. The van der Waals surface area contributed by atoms with Gasteiger partial charge in [0.25, 0.3) is 5.91 Å². The molecule has 1 amide bonds. The summed E-state index contributed by atoms with van der Waals surface area (Å²) in [5, 5.41) is 2.49. The number of hydrogen-bond donors (Lipinski definition) is 2. The molecule has 0 radical (unpaired) electrons. The number of alkyl halides is 3. The third kappa shape index (κ3) is 4.93. The average Bonchev–Trinajstić information content (AvgIpc) is 2.28. The fourth-order valence-corrected chi connectivity index (χ4v) is 1.24. The van der Waals surface area contributed by atoms with Crippen molar-refractivity contribution in [3.63, 3.8) is 0 Å². The van der Waals surface area contributed by atoms with E-state index in [4.69, 9.17) is 5.73 Å². The number of nitrogens with one attached hydrogen (secondary N) is 1. The average molecular weight is 283 g/mol. The van der Waals surface area contributed by atoms with Crippen LogP contribution in [0, 0.1) is 0 Å². The summed E-state index contributed by atoms with van der Waals surface area (Å²) in [5.41, 5.74) is 4.40. The quantitative estimate of drug-likeness (QED) is 0.832. The van der Waals surface area contributed by atoms with Crippen molar-refractivity contribution >= 4 is 18.3 Å². The monoisotopic (exact) mass is 282 g/mol. The highest BCUT2D eigenvalue weighted by atomic mass is 35.5. The lowest BCUT2D eigenvalue weighted by molar-refractivity contribution is -0.137. The molecule has 0 bridgehead atoms. The van der Waals surface area contributed by atoms with Crippen molar-refractivity contribution in [2.45, 2.75) is 12.6 Å². The number of hydrogen-bond acceptors (Lipinski definition) is 2. The fourth-order valence-electron chi connectivity index (χ4n) is 1.24. The van der Waals surface area contributed by atoms with Crippen LogP contribution in [0.4, 0.5) is 13.2 Å². The molecule has 0 heterocycles. The Bertz CT molecular complexity index is 396. The minimum atomic E-state index is -4.44. The molecule has 1 aromatic rings. The first-order chi connectivity index (χ1) is 7.95. The van der Waals surface area contributed by atoms with Crippen LogP contribution in [0.5, 0.6) is 0 Å². The minimum Gasteiger partial charge on any atom is -0.352 e. The van der Waals surface area contributed by atoms with Crippen LogP contribution in [0.1, 0.15) is 22.3 Å². The lowest BCUT2D eigenvalue weighted by Gasteiger charge is -2.08. The predicted octanol–water partition coefficient (Wildman–Crippen LogP) is 2.21. The standard InChI is InChI=1S/C11H13F3N2O.ClH/c12-11(13,14)9-4-1-3-8(7-9)10(17)16-6-2-5-15;/h1,3-4,7H,2,5-6,15H2,(H,16,17);1H. The van der Waals surface area contributed by atoms with E-state index < -0.39 is 17.6 Å². The summed E-state index contributed by atoms with van der Waals surface area (Å²) in [7, 11) is 0. The van der Waals surface area contributed by atoms with Crippen LogP contribution in [-0.4, -0.2) is 19.0 Å². The molecule has 3 N–H and O–H groups in total. The number of carbonyl (C=O) groups excluding carboxylic acids is 1. The fraction of sp³-hybridized carbons (Fsp3) is 0.364.